The Hall–Kier alpha value is -2.20. The number of methoxy groups -OCH3 is 2. The zero-order valence-corrected chi connectivity index (χ0v) is 21.5. The van der Waals surface area contributed by atoms with Gasteiger partial charge in [-0.1, -0.05) is 24.3 Å². The summed E-state index contributed by atoms with van der Waals surface area (Å²) < 4.78 is 10.8. The van der Waals surface area contributed by atoms with Crippen molar-refractivity contribution in [1.29, 1.82) is 0 Å². The number of nitrogens with zero attached hydrogens (tertiary/aromatic N) is 2. The lowest BCUT2D eigenvalue weighted by molar-refractivity contribution is 0.280. The summed E-state index contributed by atoms with van der Waals surface area (Å²) in [6.45, 7) is 5.33. The van der Waals surface area contributed by atoms with Gasteiger partial charge in [0, 0.05) is 49.6 Å². The first-order valence-electron chi connectivity index (χ1n) is 10.9. The number of aliphatic hydroxyl groups is 1. The number of guanidine groups is 1. The molecule has 0 spiro atoms. The molecule has 3 N–H and O–H groups in total. The molecule has 1 aliphatic rings. The highest BCUT2D eigenvalue weighted by Crippen LogP contribution is 2.30. The maximum atomic E-state index is 9.53. The summed E-state index contributed by atoms with van der Waals surface area (Å²) in [4.78, 5) is 7.11. The van der Waals surface area contributed by atoms with Crippen molar-refractivity contribution >= 4 is 35.6 Å². The van der Waals surface area contributed by atoms with Gasteiger partial charge in [0.1, 0.15) is 11.5 Å². The Morgan fingerprint density at radius 3 is 2.25 bits per heavy atom. The fourth-order valence-electron chi connectivity index (χ4n) is 3.80. The molecule has 8 heteroatoms. The third-order valence-electron chi connectivity index (χ3n) is 5.58. The molecule has 0 amide bonds. The molecule has 7 nitrogen and oxygen atoms in total. The summed E-state index contributed by atoms with van der Waals surface area (Å²) in [5.74, 6) is 2.43. The van der Waals surface area contributed by atoms with E-state index in [1.807, 2.05) is 30.3 Å². The fraction of sp³-hybridized carbons (Fsp3) is 0.458. The number of nitrogens with one attached hydrogen (secondary N) is 2. The molecule has 0 atom stereocenters. The van der Waals surface area contributed by atoms with Crippen molar-refractivity contribution in [1.82, 2.24) is 10.6 Å². The first-order valence-corrected chi connectivity index (χ1v) is 10.9. The van der Waals surface area contributed by atoms with Crippen molar-refractivity contribution in [3.05, 3.63) is 53.6 Å². The van der Waals surface area contributed by atoms with Gasteiger partial charge in [-0.2, -0.15) is 0 Å². The molecule has 2 aromatic rings. The molecule has 1 heterocycles. The van der Waals surface area contributed by atoms with Crippen LogP contribution in [0.5, 0.6) is 11.5 Å². The van der Waals surface area contributed by atoms with Gasteiger partial charge in [-0.15, -0.1) is 24.0 Å². The molecule has 176 valence electrons. The van der Waals surface area contributed by atoms with Gasteiger partial charge in [-0.25, -0.2) is 4.99 Å². The minimum atomic E-state index is 0. The van der Waals surface area contributed by atoms with Crippen LogP contribution in [-0.2, 0) is 13.2 Å². The largest absolute Gasteiger partial charge is 0.497 e. The van der Waals surface area contributed by atoms with Crippen LogP contribution >= 0.6 is 24.0 Å². The predicted octanol–water partition coefficient (Wildman–Crippen LogP) is 3.54. The van der Waals surface area contributed by atoms with E-state index in [9.17, 15) is 5.11 Å². The van der Waals surface area contributed by atoms with Crippen LogP contribution in [0, 0.1) is 0 Å². The molecule has 0 saturated carbocycles. The first-order chi connectivity index (χ1) is 15.2. The van der Waals surface area contributed by atoms with Gasteiger partial charge < -0.3 is 30.1 Å². The number of anilines is 1. The monoisotopic (exact) mass is 554 g/mol. The van der Waals surface area contributed by atoms with Crippen molar-refractivity contribution in [3.63, 3.8) is 0 Å². The molecular weight excluding hydrogens is 519 g/mol. The Morgan fingerprint density at radius 1 is 1.06 bits per heavy atom. The third kappa shape index (κ3) is 7.16. The van der Waals surface area contributed by atoms with Gasteiger partial charge in [-0.3, -0.25) is 0 Å². The number of halogens is 1. The minimum Gasteiger partial charge on any atom is -0.497 e. The highest BCUT2D eigenvalue weighted by atomic mass is 127. The summed E-state index contributed by atoms with van der Waals surface area (Å²) in [6.07, 6.45) is 2.02. The topological polar surface area (TPSA) is 78.4 Å². The van der Waals surface area contributed by atoms with Crippen LogP contribution in [0.3, 0.4) is 0 Å². The lowest BCUT2D eigenvalue weighted by Crippen LogP contribution is -2.48. The number of hydrogen-bond acceptors (Lipinski definition) is 5. The lowest BCUT2D eigenvalue weighted by Gasteiger charge is -2.34. The molecule has 3 rings (SSSR count). The van der Waals surface area contributed by atoms with E-state index in [2.05, 4.69) is 34.6 Å². The maximum Gasteiger partial charge on any atom is 0.191 e. The smallest absolute Gasteiger partial charge is 0.191 e. The maximum absolute atomic E-state index is 9.53. The second-order valence-corrected chi connectivity index (χ2v) is 7.60. The zero-order valence-electron chi connectivity index (χ0n) is 19.1. The van der Waals surface area contributed by atoms with Crippen LogP contribution in [-0.4, -0.2) is 51.0 Å². The molecule has 0 unspecified atom stereocenters. The second kappa shape index (κ2) is 13.4. The van der Waals surface area contributed by atoms with Gasteiger partial charge in [0.25, 0.3) is 0 Å². The van der Waals surface area contributed by atoms with E-state index in [4.69, 9.17) is 14.5 Å². The highest BCUT2D eigenvalue weighted by Gasteiger charge is 2.21. The Morgan fingerprint density at radius 2 is 1.69 bits per heavy atom. The Balaban J connectivity index is 0.00000363. The van der Waals surface area contributed by atoms with Gasteiger partial charge >= 0.3 is 0 Å². The van der Waals surface area contributed by atoms with E-state index >= 15 is 0 Å². The molecule has 0 aliphatic carbocycles. The number of rotatable bonds is 8. The summed E-state index contributed by atoms with van der Waals surface area (Å²) in [5, 5.41) is 16.5. The molecule has 1 aliphatic heterocycles. The summed E-state index contributed by atoms with van der Waals surface area (Å²) in [6, 6.07) is 14.2. The molecule has 1 fully saturated rings. The number of aliphatic hydroxyl groups excluding tert-OH is 1. The summed E-state index contributed by atoms with van der Waals surface area (Å²) in [5.41, 5.74) is 3.09. The van der Waals surface area contributed by atoms with E-state index in [0.29, 0.717) is 12.6 Å². The molecule has 0 radical (unpaired) electrons. The fourth-order valence-corrected chi connectivity index (χ4v) is 3.80. The van der Waals surface area contributed by atoms with Gasteiger partial charge in [0.05, 0.1) is 27.4 Å². The summed E-state index contributed by atoms with van der Waals surface area (Å²) in [7, 11) is 3.35. The first kappa shape index (κ1) is 26.1. The quantitative estimate of drug-likeness (QED) is 0.263. The molecule has 32 heavy (non-hydrogen) atoms. The van der Waals surface area contributed by atoms with Crippen LogP contribution in [0.1, 0.15) is 30.9 Å². The number of benzene rings is 2. The van der Waals surface area contributed by atoms with Crippen molar-refractivity contribution in [2.24, 2.45) is 4.99 Å². The van der Waals surface area contributed by atoms with E-state index < -0.39 is 0 Å². The van der Waals surface area contributed by atoms with Gasteiger partial charge in [-0.05, 0) is 30.9 Å². The molecule has 1 saturated heterocycles. The van der Waals surface area contributed by atoms with Crippen molar-refractivity contribution in [2.45, 2.75) is 39.0 Å². The SMILES string of the molecule is CCNC(=NCc1ccccc1CO)NC1CCN(c2cc(OC)cc(OC)c2)CC1.I. The highest BCUT2D eigenvalue weighted by molar-refractivity contribution is 14.0. The van der Waals surface area contributed by atoms with Crippen LogP contribution < -0.4 is 25.0 Å². The summed E-state index contributed by atoms with van der Waals surface area (Å²) >= 11 is 0. The van der Waals surface area contributed by atoms with Crippen molar-refractivity contribution in [2.75, 3.05) is 38.8 Å². The molecule has 2 aromatic carbocycles. The molecular formula is C24H35IN4O3. The van der Waals surface area contributed by atoms with Crippen LogP contribution in [0.4, 0.5) is 5.69 Å². The zero-order chi connectivity index (χ0) is 22.1. The van der Waals surface area contributed by atoms with E-state index in [0.717, 1.165) is 66.7 Å². The Kier molecular flexibility index (Phi) is 10.9. The van der Waals surface area contributed by atoms with Crippen molar-refractivity contribution in [3.8, 4) is 11.5 Å². The number of ether oxygens (including phenoxy) is 2. The van der Waals surface area contributed by atoms with Crippen LogP contribution in [0.15, 0.2) is 47.5 Å². The average molecular weight is 554 g/mol. The number of aliphatic imine (C=N–C) groups is 1. The average Bonchev–Trinajstić information content (AvgIpc) is 2.82. The van der Waals surface area contributed by atoms with Crippen LogP contribution in [0.2, 0.25) is 0 Å². The van der Waals surface area contributed by atoms with Gasteiger partial charge in [0.15, 0.2) is 5.96 Å². The van der Waals surface area contributed by atoms with Gasteiger partial charge in [0.2, 0.25) is 0 Å². The predicted molar refractivity (Wildman–Crippen MR) is 141 cm³/mol. The molecule has 0 bridgehead atoms. The van der Waals surface area contributed by atoms with Crippen LogP contribution in [0.25, 0.3) is 0 Å². The minimum absolute atomic E-state index is 0. The van der Waals surface area contributed by atoms with Crippen molar-refractivity contribution < 1.29 is 14.6 Å². The lowest BCUT2D eigenvalue weighted by atomic mass is 10.0. The van der Waals surface area contributed by atoms with E-state index in [-0.39, 0.29) is 30.6 Å². The second-order valence-electron chi connectivity index (χ2n) is 7.60. The number of piperidine rings is 1. The Labute approximate surface area is 208 Å². The standard InChI is InChI=1S/C24H34N4O3.HI/c1-4-25-24(26-16-18-7-5-6-8-19(18)17-29)27-20-9-11-28(12-10-20)21-13-22(30-2)15-23(14-21)31-3;/h5-8,13-15,20,29H,4,9-12,16-17H2,1-3H3,(H2,25,26,27);1H. The Bertz CT molecular complexity index is 848. The third-order valence-corrected chi connectivity index (χ3v) is 5.58. The van der Waals surface area contributed by atoms with E-state index in [1.165, 1.54) is 0 Å². The molecule has 0 aromatic heterocycles. The normalized spacial score (nSPS) is 14.5. The number of hydrogen-bond donors (Lipinski definition) is 3. The van der Waals surface area contributed by atoms with E-state index in [1.54, 1.807) is 14.2 Å².